The number of rotatable bonds is 0. The number of nitrogens with zero attached hydrogens (tertiary/aromatic N) is 1. The molecule has 0 saturated heterocycles. The van der Waals surface area contributed by atoms with Crippen molar-refractivity contribution in [2.75, 3.05) is 0 Å². The molecule has 0 aliphatic heterocycles. The second-order valence-corrected chi connectivity index (χ2v) is 5.51. The van der Waals surface area contributed by atoms with Gasteiger partial charge in [0.25, 0.3) is 0 Å². The zero-order valence-electron chi connectivity index (χ0n) is 11.6. The smallest absolute Gasteiger partial charge is 0.137 e. The van der Waals surface area contributed by atoms with E-state index in [0.717, 1.165) is 11.2 Å². The fraction of sp³-hybridized carbons (Fsp3) is 0.0526. The number of aromatic nitrogens is 1. The molecule has 21 heavy (non-hydrogen) atoms. The van der Waals surface area contributed by atoms with Gasteiger partial charge in [0.15, 0.2) is 0 Å². The van der Waals surface area contributed by atoms with E-state index in [1.807, 2.05) is 12.1 Å². The summed E-state index contributed by atoms with van der Waals surface area (Å²) in [6.45, 7) is 0. The van der Waals surface area contributed by atoms with Gasteiger partial charge in [-0.25, -0.2) is 0 Å². The summed E-state index contributed by atoms with van der Waals surface area (Å²) in [5.41, 5.74) is 4.41. The minimum atomic E-state index is 0.949. The summed E-state index contributed by atoms with van der Waals surface area (Å²) in [5, 5.41) is 4.97. The lowest BCUT2D eigenvalue weighted by molar-refractivity contribution is 0.669. The maximum absolute atomic E-state index is 6.00. The molecule has 0 saturated carbocycles. The highest BCUT2D eigenvalue weighted by molar-refractivity contribution is 6.23. The van der Waals surface area contributed by atoms with Crippen LogP contribution in [0.1, 0.15) is 0 Å². The van der Waals surface area contributed by atoms with E-state index in [1.54, 1.807) is 0 Å². The highest BCUT2D eigenvalue weighted by Gasteiger charge is 2.15. The first kappa shape index (κ1) is 11.0. The Morgan fingerprint density at radius 2 is 1.48 bits per heavy atom. The molecule has 2 heterocycles. The Hall–Kier alpha value is -2.74. The zero-order valence-corrected chi connectivity index (χ0v) is 11.6. The van der Waals surface area contributed by atoms with Gasteiger partial charge in [0.2, 0.25) is 0 Å². The van der Waals surface area contributed by atoms with Crippen molar-refractivity contribution in [2.45, 2.75) is 0 Å². The Kier molecular flexibility index (Phi) is 1.92. The first-order valence-corrected chi connectivity index (χ1v) is 7.12. The second-order valence-electron chi connectivity index (χ2n) is 5.51. The van der Waals surface area contributed by atoms with E-state index in [1.165, 1.54) is 32.6 Å². The van der Waals surface area contributed by atoms with Crippen LogP contribution in [0.5, 0.6) is 0 Å². The van der Waals surface area contributed by atoms with Crippen LogP contribution in [0.15, 0.2) is 65.1 Å². The third-order valence-corrected chi connectivity index (χ3v) is 4.41. The number of aryl methyl sites for hydroxylation is 1. The molecule has 0 N–H and O–H groups in total. The highest BCUT2D eigenvalue weighted by Crippen LogP contribution is 2.38. The average molecular weight is 271 g/mol. The Bertz CT molecular complexity index is 1140. The average Bonchev–Trinajstić information content (AvgIpc) is 3.04. The number of hydrogen-bond donors (Lipinski definition) is 0. The van der Waals surface area contributed by atoms with Gasteiger partial charge >= 0.3 is 0 Å². The van der Waals surface area contributed by atoms with E-state index in [-0.39, 0.29) is 0 Å². The van der Waals surface area contributed by atoms with Gasteiger partial charge in [-0.3, -0.25) is 0 Å². The van der Waals surface area contributed by atoms with Gasteiger partial charge in [0, 0.05) is 28.7 Å². The lowest BCUT2D eigenvalue weighted by Gasteiger charge is -1.99. The first-order chi connectivity index (χ1) is 10.3. The van der Waals surface area contributed by atoms with E-state index >= 15 is 0 Å². The van der Waals surface area contributed by atoms with Crippen LogP contribution in [0.25, 0.3) is 43.7 Å². The summed E-state index contributed by atoms with van der Waals surface area (Å²) in [6.07, 6.45) is 0. The summed E-state index contributed by atoms with van der Waals surface area (Å²) >= 11 is 0. The van der Waals surface area contributed by atoms with Crippen LogP contribution in [-0.2, 0) is 7.05 Å². The van der Waals surface area contributed by atoms with Crippen molar-refractivity contribution in [3.63, 3.8) is 0 Å². The van der Waals surface area contributed by atoms with Crippen LogP contribution < -0.4 is 0 Å². The number of fused-ring (bicyclic) bond motifs is 7. The molecule has 0 aliphatic rings. The number of hydrogen-bond acceptors (Lipinski definition) is 1. The van der Waals surface area contributed by atoms with Crippen molar-refractivity contribution in [3.8, 4) is 0 Å². The minimum absolute atomic E-state index is 0.949. The third-order valence-electron chi connectivity index (χ3n) is 4.41. The zero-order chi connectivity index (χ0) is 14.0. The first-order valence-electron chi connectivity index (χ1n) is 7.12. The van der Waals surface area contributed by atoms with E-state index in [4.69, 9.17) is 4.42 Å². The number of para-hydroxylation sites is 2. The van der Waals surface area contributed by atoms with Crippen molar-refractivity contribution in [2.24, 2.45) is 7.05 Å². The van der Waals surface area contributed by atoms with Gasteiger partial charge in [0.1, 0.15) is 11.2 Å². The van der Waals surface area contributed by atoms with Crippen molar-refractivity contribution in [1.82, 2.24) is 4.57 Å². The minimum Gasteiger partial charge on any atom is -0.456 e. The monoisotopic (exact) mass is 271 g/mol. The predicted octanol–water partition coefficient (Wildman–Crippen LogP) is 5.23. The van der Waals surface area contributed by atoms with Gasteiger partial charge in [-0.1, -0.05) is 36.4 Å². The summed E-state index contributed by atoms with van der Waals surface area (Å²) in [4.78, 5) is 0. The molecule has 0 amide bonds. The van der Waals surface area contributed by atoms with E-state index in [9.17, 15) is 0 Å². The normalized spacial score (nSPS) is 12.0. The van der Waals surface area contributed by atoms with E-state index < -0.39 is 0 Å². The van der Waals surface area contributed by atoms with E-state index in [2.05, 4.69) is 60.1 Å². The van der Waals surface area contributed by atoms with Gasteiger partial charge in [-0.2, -0.15) is 0 Å². The third kappa shape index (κ3) is 1.27. The van der Waals surface area contributed by atoms with Gasteiger partial charge in [-0.15, -0.1) is 0 Å². The summed E-state index contributed by atoms with van der Waals surface area (Å²) < 4.78 is 8.27. The molecule has 3 aromatic carbocycles. The molecule has 2 heteroatoms. The summed E-state index contributed by atoms with van der Waals surface area (Å²) in [6, 6.07) is 21.1. The molecule has 0 unspecified atom stereocenters. The molecule has 0 atom stereocenters. The SMILES string of the molecule is Cn1c2ccccc2c2ccc3oc4ccccc4c3c21. The standard InChI is InChI=1S/C19H13NO/c1-20-15-8-4-2-6-12(15)13-10-11-17-18(19(13)20)14-7-3-5-9-16(14)21-17/h2-11H,1H3. The second kappa shape index (κ2) is 3.67. The Labute approximate surface area is 121 Å². The molecule has 0 fully saturated rings. The van der Waals surface area contributed by atoms with Crippen LogP contribution in [0, 0.1) is 0 Å². The van der Waals surface area contributed by atoms with E-state index in [0.29, 0.717) is 0 Å². The lowest BCUT2D eigenvalue weighted by Crippen LogP contribution is -1.86. The molecule has 0 bridgehead atoms. The molecular weight excluding hydrogens is 258 g/mol. The molecule has 2 aromatic heterocycles. The maximum atomic E-state index is 6.00. The summed E-state index contributed by atoms with van der Waals surface area (Å²) in [7, 11) is 2.13. The molecule has 0 spiro atoms. The topological polar surface area (TPSA) is 18.1 Å². The summed E-state index contributed by atoms with van der Waals surface area (Å²) in [5.74, 6) is 0. The van der Waals surface area contributed by atoms with Crippen molar-refractivity contribution in [1.29, 1.82) is 0 Å². The quantitative estimate of drug-likeness (QED) is 0.377. The van der Waals surface area contributed by atoms with Gasteiger partial charge in [0.05, 0.1) is 10.9 Å². The number of benzene rings is 3. The Morgan fingerprint density at radius 1 is 0.714 bits per heavy atom. The lowest BCUT2D eigenvalue weighted by atomic mass is 10.1. The van der Waals surface area contributed by atoms with Crippen LogP contribution >= 0.6 is 0 Å². The molecule has 5 rings (SSSR count). The fourth-order valence-corrected chi connectivity index (χ4v) is 3.48. The van der Waals surface area contributed by atoms with Crippen molar-refractivity contribution >= 4 is 43.7 Å². The van der Waals surface area contributed by atoms with Crippen molar-refractivity contribution < 1.29 is 4.42 Å². The Morgan fingerprint density at radius 3 is 2.38 bits per heavy atom. The maximum Gasteiger partial charge on any atom is 0.137 e. The van der Waals surface area contributed by atoms with Gasteiger partial charge < -0.3 is 8.98 Å². The number of furan rings is 1. The molecule has 100 valence electrons. The fourth-order valence-electron chi connectivity index (χ4n) is 3.48. The molecular formula is C19H13NO. The van der Waals surface area contributed by atoms with Crippen molar-refractivity contribution in [3.05, 3.63) is 60.7 Å². The molecule has 0 aliphatic carbocycles. The van der Waals surface area contributed by atoms with Crippen LogP contribution in [0.4, 0.5) is 0 Å². The predicted molar refractivity (Wildman–Crippen MR) is 87.7 cm³/mol. The molecule has 0 radical (unpaired) electrons. The Balaban J connectivity index is 2.18. The van der Waals surface area contributed by atoms with Gasteiger partial charge in [-0.05, 0) is 24.3 Å². The molecule has 2 nitrogen and oxygen atoms in total. The largest absolute Gasteiger partial charge is 0.456 e. The molecule has 5 aromatic rings. The highest BCUT2D eigenvalue weighted by atomic mass is 16.3. The van der Waals surface area contributed by atoms with Crippen LogP contribution in [0.3, 0.4) is 0 Å². The van der Waals surface area contributed by atoms with Crippen LogP contribution in [-0.4, -0.2) is 4.57 Å². The van der Waals surface area contributed by atoms with Crippen LogP contribution in [0.2, 0.25) is 0 Å².